The maximum Gasteiger partial charge on any atom is 0.324 e. The SMILES string of the molecule is Cl.NCC1(NC(=O)c2ccc(CN3C(=O)CNC3=O)cc2)CCCC1. The van der Waals surface area contributed by atoms with E-state index in [1.54, 1.807) is 24.3 Å². The summed E-state index contributed by atoms with van der Waals surface area (Å²) in [6.07, 6.45) is 4.00. The van der Waals surface area contributed by atoms with Crippen LogP contribution in [0.15, 0.2) is 24.3 Å². The van der Waals surface area contributed by atoms with Gasteiger partial charge in [-0.1, -0.05) is 25.0 Å². The quantitative estimate of drug-likeness (QED) is 0.680. The van der Waals surface area contributed by atoms with Crippen molar-refractivity contribution in [3.8, 4) is 0 Å². The third-order valence-electron chi connectivity index (χ3n) is 4.82. The molecule has 2 aliphatic rings. The summed E-state index contributed by atoms with van der Waals surface area (Å²) in [7, 11) is 0. The number of carbonyl (C=O) groups excluding carboxylic acids is 3. The van der Waals surface area contributed by atoms with E-state index in [1.807, 2.05) is 0 Å². The van der Waals surface area contributed by atoms with Gasteiger partial charge in [-0.05, 0) is 30.5 Å². The summed E-state index contributed by atoms with van der Waals surface area (Å²) in [5.41, 5.74) is 6.91. The van der Waals surface area contributed by atoms with Gasteiger partial charge in [-0.15, -0.1) is 12.4 Å². The van der Waals surface area contributed by atoms with Crippen LogP contribution >= 0.6 is 12.4 Å². The first-order chi connectivity index (χ1) is 11.5. The van der Waals surface area contributed by atoms with Crippen LogP contribution in [0.2, 0.25) is 0 Å². The minimum Gasteiger partial charge on any atom is -0.345 e. The predicted octanol–water partition coefficient (Wildman–Crippen LogP) is 1.16. The molecule has 0 unspecified atom stereocenters. The monoisotopic (exact) mass is 366 g/mol. The van der Waals surface area contributed by atoms with Crippen molar-refractivity contribution in [2.75, 3.05) is 13.1 Å². The van der Waals surface area contributed by atoms with Gasteiger partial charge in [0, 0.05) is 12.1 Å². The third-order valence-corrected chi connectivity index (χ3v) is 4.82. The Bertz CT molecular complexity index is 640. The number of carbonyl (C=O) groups is 3. The molecule has 1 saturated carbocycles. The van der Waals surface area contributed by atoms with Crippen LogP contribution in [0, 0.1) is 0 Å². The lowest BCUT2D eigenvalue weighted by atomic mass is 9.97. The smallest absolute Gasteiger partial charge is 0.324 e. The number of nitrogens with zero attached hydrogens (tertiary/aromatic N) is 1. The molecule has 25 heavy (non-hydrogen) atoms. The predicted molar refractivity (Wildman–Crippen MR) is 95.4 cm³/mol. The molecule has 0 atom stereocenters. The summed E-state index contributed by atoms with van der Waals surface area (Å²) in [6, 6.07) is 6.56. The van der Waals surface area contributed by atoms with Gasteiger partial charge in [0.15, 0.2) is 0 Å². The first-order valence-electron chi connectivity index (χ1n) is 8.23. The van der Waals surface area contributed by atoms with Crippen molar-refractivity contribution in [1.29, 1.82) is 0 Å². The molecule has 3 rings (SSSR count). The molecule has 0 radical (unpaired) electrons. The number of amides is 4. The molecule has 1 aromatic rings. The molecular formula is C17H23ClN4O3. The van der Waals surface area contributed by atoms with Crippen LogP contribution in [-0.4, -0.2) is 41.4 Å². The van der Waals surface area contributed by atoms with Gasteiger partial charge in [-0.3, -0.25) is 14.5 Å². The fraction of sp³-hybridized carbons (Fsp3) is 0.471. The van der Waals surface area contributed by atoms with Crippen molar-refractivity contribution in [2.45, 2.75) is 37.8 Å². The zero-order valence-electron chi connectivity index (χ0n) is 13.9. The van der Waals surface area contributed by atoms with Gasteiger partial charge in [0.1, 0.15) is 0 Å². The molecule has 1 heterocycles. The molecule has 1 aliphatic heterocycles. The molecule has 4 N–H and O–H groups in total. The van der Waals surface area contributed by atoms with E-state index in [2.05, 4.69) is 10.6 Å². The summed E-state index contributed by atoms with van der Waals surface area (Å²) in [5, 5.41) is 5.55. The lowest BCUT2D eigenvalue weighted by molar-refractivity contribution is -0.125. The number of urea groups is 1. The number of hydrogen-bond acceptors (Lipinski definition) is 4. The number of nitrogens with two attached hydrogens (primary N) is 1. The number of benzene rings is 1. The van der Waals surface area contributed by atoms with Crippen LogP contribution in [0.1, 0.15) is 41.6 Å². The fourth-order valence-electron chi connectivity index (χ4n) is 3.30. The highest BCUT2D eigenvalue weighted by molar-refractivity contribution is 6.01. The van der Waals surface area contributed by atoms with Crippen molar-refractivity contribution in [3.63, 3.8) is 0 Å². The molecule has 1 aromatic carbocycles. The van der Waals surface area contributed by atoms with Crippen LogP contribution in [0.25, 0.3) is 0 Å². The zero-order valence-corrected chi connectivity index (χ0v) is 14.7. The first-order valence-corrected chi connectivity index (χ1v) is 8.23. The number of rotatable bonds is 5. The number of hydrogen-bond donors (Lipinski definition) is 3. The average molecular weight is 367 g/mol. The van der Waals surface area contributed by atoms with Gasteiger partial charge in [0.25, 0.3) is 5.91 Å². The highest BCUT2D eigenvalue weighted by Gasteiger charge is 2.34. The van der Waals surface area contributed by atoms with Crippen molar-refractivity contribution in [1.82, 2.24) is 15.5 Å². The van der Waals surface area contributed by atoms with Crippen molar-refractivity contribution >= 4 is 30.3 Å². The largest absolute Gasteiger partial charge is 0.345 e. The van der Waals surface area contributed by atoms with Gasteiger partial charge in [-0.2, -0.15) is 0 Å². The van der Waals surface area contributed by atoms with Gasteiger partial charge in [0.05, 0.1) is 18.6 Å². The maximum atomic E-state index is 12.4. The van der Waals surface area contributed by atoms with Gasteiger partial charge in [-0.25, -0.2) is 4.79 Å². The van der Waals surface area contributed by atoms with Crippen molar-refractivity contribution in [2.24, 2.45) is 5.73 Å². The lowest BCUT2D eigenvalue weighted by Gasteiger charge is -2.28. The van der Waals surface area contributed by atoms with Crippen LogP contribution in [0.4, 0.5) is 4.79 Å². The lowest BCUT2D eigenvalue weighted by Crippen LogP contribution is -2.51. The highest BCUT2D eigenvalue weighted by Crippen LogP contribution is 2.29. The van der Waals surface area contributed by atoms with Crippen molar-refractivity contribution < 1.29 is 14.4 Å². The Labute approximate surface area is 152 Å². The topological polar surface area (TPSA) is 105 Å². The van der Waals surface area contributed by atoms with E-state index < -0.39 is 0 Å². The zero-order chi connectivity index (χ0) is 17.2. The Balaban J connectivity index is 0.00000225. The van der Waals surface area contributed by atoms with E-state index in [-0.39, 0.29) is 48.9 Å². The molecule has 4 amide bonds. The second kappa shape index (κ2) is 7.84. The summed E-state index contributed by atoms with van der Waals surface area (Å²) < 4.78 is 0. The van der Waals surface area contributed by atoms with E-state index in [0.29, 0.717) is 12.1 Å². The molecule has 8 heteroatoms. The van der Waals surface area contributed by atoms with Gasteiger partial charge in [0.2, 0.25) is 5.91 Å². The third kappa shape index (κ3) is 4.11. The van der Waals surface area contributed by atoms with Gasteiger partial charge < -0.3 is 16.4 Å². The Morgan fingerprint density at radius 2 is 1.84 bits per heavy atom. The second-order valence-electron chi connectivity index (χ2n) is 6.48. The molecular weight excluding hydrogens is 344 g/mol. The Kier molecular flexibility index (Phi) is 6.02. The average Bonchev–Trinajstić information content (AvgIpc) is 3.18. The Morgan fingerprint density at radius 1 is 1.20 bits per heavy atom. The van der Waals surface area contributed by atoms with E-state index in [9.17, 15) is 14.4 Å². The molecule has 1 aliphatic carbocycles. The fourth-order valence-corrected chi connectivity index (χ4v) is 3.30. The maximum absolute atomic E-state index is 12.4. The molecule has 0 aromatic heterocycles. The van der Waals surface area contributed by atoms with E-state index in [0.717, 1.165) is 36.1 Å². The molecule has 7 nitrogen and oxygen atoms in total. The second-order valence-corrected chi connectivity index (χ2v) is 6.48. The standard InChI is InChI=1S/C17H22N4O3.ClH/c18-11-17(7-1-2-8-17)20-15(23)13-5-3-12(4-6-13)10-21-14(22)9-19-16(21)24;/h3-6H,1-2,7-11,18H2,(H,19,24)(H,20,23);1H. The normalized spacial score (nSPS) is 18.7. The van der Waals surface area contributed by atoms with Crippen LogP contribution in [0.5, 0.6) is 0 Å². The summed E-state index contributed by atoms with van der Waals surface area (Å²) in [4.78, 5) is 36.7. The van der Waals surface area contributed by atoms with Crippen LogP contribution in [0.3, 0.4) is 0 Å². The Hall–Kier alpha value is -2.12. The van der Waals surface area contributed by atoms with E-state index in [1.165, 1.54) is 0 Å². The number of imide groups is 1. The molecule has 2 fully saturated rings. The minimum absolute atomic E-state index is 0. The molecule has 136 valence electrons. The molecule has 1 saturated heterocycles. The summed E-state index contributed by atoms with van der Waals surface area (Å²) in [5.74, 6) is -0.378. The minimum atomic E-state index is -0.382. The highest BCUT2D eigenvalue weighted by atomic mass is 35.5. The van der Waals surface area contributed by atoms with E-state index in [4.69, 9.17) is 5.73 Å². The van der Waals surface area contributed by atoms with Gasteiger partial charge >= 0.3 is 6.03 Å². The molecule has 0 spiro atoms. The number of halogens is 1. The Morgan fingerprint density at radius 3 is 2.36 bits per heavy atom. The number of nitrogens with one attached hydrogen (secondary N) is 2. The van der Waals surface area contributed by atoms with E-state index >= 15 is 0 Å². The molecule has 0 bridgehead atoms. The summed E-state index contributed by atoms with van der Waals surface area (Å²) >= 11 is 0. The van der Waals surface area contributed by atoms with Crippen LogP contribution < -0.4 is 16.4 Å². The van der Waals surface area contributed by atoms with Crippen LogP contribution in [-0.2, 0) is 11.3 Å². The van der Waals surface area contributed by atoms with Crippen molar-refractivity contribution in [3.05, 3.63) is 35.4 Å². The first kappa shape index (κ1) is 19.2. The summed E-state index contributed by atoms with van der Waals surface area (Å²) in [6.45, 7) is 0.697.